The third-order valence-electron chi connectivity index (χ3n) is 1.49. The molecule has 3 nitrogen and oxygen atoms in total. The minimum Gasteiger partial charge on any atom is -0.296 e. The van der Waals surface area contributed by atoms with Crippen LogP contribution in [0.25, 0.3) is 0 Å². The first kappa shape index (κ1) is 7.72. The Bertz CT molecular complexity index is 276. The Labute approximate surface area is 65.3 Å². The van der Waals surface area contributed by atoms with Crippen molar-refractivity contribution in [3.8, 4) is 0 Å². The Morgan fingerprint density at radius 3 is 3.09 bits per heavy atom. The van der Waals surface area contributed by atoms with E-state index in [4.69, 9.17) is 0 Å². The van der Waals surface area contributed by atoms with E-state index in [1.165, 1.54) is 0 Å². The van der Waals surface area contributed by atoms with Crippen LogP contribution in [0.4, 0.5) is 0 Å². The second-order valence-electron chi connectivity index (χ2n) is 2.30. The molecule has 1 aromatic heterocycles. The molecule has 0 saturated heterocycles. The molecular formula is C8H10N2O. The minimum atomic E-state index is 0.585. The molecule has 1 aromatic rings. The number of aldehydes is 1. The van der Waals surface area contributed by atoms with Gasteiger partial charge in [-0.2, -0.15) is 5.10 Å². The third-order valence-corrected chi connectivity index (χ3v) is 1.49. The molecule has 0 N–H and O–H groups in total. The van der Waals surface area contributed by atoms with Crippen LogP contribution in [0.2, 0.25) is 0 Å². The summed E-state index contributed by atoms with van der Waals surface area (Å²) in [6.45, 7) is 6.01. The van der Waals surface area contributed by atoms with Crippen molar-refractivity contribution in [3.63, 3.8) is 0 Å². The van der Waals surface area contributed by atoms with Crippen molar-refractivity contribution in [2.45, 2.75) is 13.5 Å². The highest BCUT2D eigenvalue weighted by Crippen LogP contribution is 2.03. The largest absolute Gasteiger partial charge is 0.296 e. The smallest absolute Gasteiger partial charge is 0.168 e. The van der Waals surface area contributed by atoms with Crippen LogP contribution in [0.1, 0.15) is 16.1 Å². The van der Waals surface area contributed by atoms with Crippen molar-refractivity contribution in [1.29, 1.82) is 0 Å². The van der Waals surface area contributed by atoms with E-state index in [1.807, 2.05) is 6.92 Å². The molecule has 0 aliphatic carbocycles. The van der Waals surface area contributed by atoms with E-state index < -0.39 is 0 Å². The van der Waals surface area contributed by atoms with Gasteiger partial charge < -0.3 is 0 Å². The number of rotatable bonds is 3. The maximum Gasteiger partial charge on any atom is 0.168 e. The zero-order valence-electron chi connectivity index (χ0n) is 6.45. The van der Waals surface area contributed by atoms with Gasteiger partial charge in [-0.25, -0.2) is 0 Å². The fraction of sp³-hybridized carbons (Fsp3) is 0.250. The molecule has 0 atom stereocenters. The summed E-state index contributed by atoms with van der Waals surface area (Å²) in [7, 11) is 0. The molecule has 0 radical (unpaired) electrons. The second kappa shape index (κ2) is 3.14. The van der Waals surface area contributed by atoms with Crippen LogP contribution in [-0.2, 0) is 6.54 Å². The summed E-state index contributed by atoms with van der Waals surface area (Å²) in [5.74, 6) is 0. The molecule has 1 heterocycles. The van der Waals surface area contributed by atoms with E-state index in [-0.39, 0.29) is 0 Å². The number of carbonyl (C=O) groups excluding carboxylic acids is 1. The van der Waals surface area contributed by atoms with E-state index >= 15 is 0 Å². The topological polar surface area (TPSA) is 34.9 Å². The lowest BCUT2D eigenvalue weighted by Crippen LogP contribution is -2.02. The van der Waals surface area contributed by atoms with Gasteiger partial charge in [-0.05, 0) is 12.5 Å². The molecule has 0 unspecified atom stereocenters. The Morgan fingerprint density at radius 1 is 1.82 bits per heavy atom. The van der Waals surface area contributed by atoms with Crippen molar-refractivity contribution < 1.29 is 4.79 Å². The van der Waals surface area contributed by atoms with Gasteiger partial charge in [0.15, 0.2) is 6.29 Å². The average Bonchev–Trinajstić information content (AvgIpc) is 2.33. The first-order chi connectivity index (χ1) is 5.29. The van der Waals surface area contributed by atoms with Crippen molar-refractivity contribution in [3.05, 3.63) is 30.1 Å². The van der Waals surface area contributed by atoms with Gasteiger partial charge in [-0.3, -0.25) is 9.48 Å². The van der Waals surface area contributed by atoms with Crippen LogP contribution < -0.4 is 0 Å². The van der Waals surface area contributed by atoms with Gasteiger partial charge in [-0.1, -0.05) is 6.08 Å². The van der Waals surface area contributed by atoms with Gasteiger partial charge in [0.05, 0.1) is 12.7 Å². The van der Waals surface area contributed by atoms with E-state index in [1.54, 1.807) is 17.0 Å². The molecule has 11 heavy (non-hydrogen) atoms. The lowest BCUT2D eigenvalue weighted by Gasteiger charge is -1.97. The number of hydrogen-bond acceptors (Lipinski definition) is 2. The van der Waals surface area contributed by atoms with Crippen LogP contribution >= 0.6 is 0 Å². The zero-order valence-corrected chi connectivity index (χ0v) is 6.45. The Hall–Kier alpha value is -1.38. The fourth-order valence-electron chi connectivity index (χ4n) is 0.910. The molecule has 0 aliphatic heterocycles. The standard InChI is InChI=1S/C8H10N2O/c1-3-4-10-8(6-11)7(2)5-9-10/h3,5-6H,1,4H2,2H3. The Morgan fingerprint density at radius 2 is 2.55 bits per heavy atom. The van der Waals surface area contributed by atoms with Crippen LogP contribution in [-0.4, -0.2) is 16.1 Å². The van der Waals surface area contributed by atoms with Crippen molar-refractivity contribution in [1.82, 2.24) is 9.78 Å². The quantitative estimate of drug-likeness (QED) is 0.479. The number of nitrogens with zero attached hydrogens (tertiary/aromatic N) is 2. The normalized spacial score (nSPS) is 9.55. The molecule has 0 bridgehead atoms. The molecule has 0 aromatic carbocycles. The summed E-state index contributed by atoms with van der Waals surface area (Å²) in [6, 6.07) is 0. The zero-order chi connectivity index (χ0) is 8.27. The number of aryl methyl sites for hydroxylation is 1. The molecule has 1 rings (SSSR count). The third kappa shape index (κ3) is 1.37. The minimum absolute atomic E-state index is 0.585. The highest BCUT2D eigenvalue weighted by Gasteiger charge is 2.02. The van der Waals surface area contributed by atoms with Crippen molar-refractivity contribution >= 4 is 6.29 Å². The van der Waals surface area contributed by atoms with Crippen molar-refractivity contribution in [2.24, 2.45) is 0 Å². The number of hydrogen-bond donors (Lipinski definition) is 0. The molecule has 0 aliphatic rings. The van der Waals surface area contributed by atoms with E-state index in [0.29, 0.717) is 12.2 Å². The summed E-state index contributed by atoms with van der Waals surface area (Å²) in [5.41, 5.74) is 1.53. The number of carbonyl (C=O) groups is 1. The first-order valence-electron chi connectivity index (χ1n) is 3.38. The van der Waals surface area contributed by atoms with Gasteiger partial charge >= 0.3 is 0 Å². The highest BCUT2D eigenvalue weighted by molar-refractivity contribution is 5.74. The summed E-state index contributed by atoms with van der Waals surface area (Å²) in [5, 5.41) is 3.99. The molecule has 0 saturated carbocycles. The molecule has 0 amide bonds. The van der Waals surface area contributed by atoms with Gasteiger partial charge in [0.25, 0.3) is 0 Å². The summed E-state index contributed by atoms with van der Waals surface area (Å²) >= 11 is 0. The SMILES string of the molecule is C=CCn1ncc(C)c1C=O. The predicted octanol–water partition coefficient (Wildman–Crippen LogP) is 1.19. The Balaban J connectivity index is 3.04. The van der Waals surface area contributed by atoms with Crippen LogP contribution in [0.15, 0.2) is 18.9 Å². The van der Waals surface area contributed by atoms with Crippen LogP contribution in [0.3, 0.4) is 0 Å². The maximum absolute atomic E-state index is 10.5. The van der Waals surface area contributed by atoms with E-state index in [0.717, 1.165) is 11.8 Å². The first-order valence-corrected chi connectivity index (χ1v) is 3.38. The highest BCUT2D eigenvalue weighted by atomic mass is 16.1. The molecular weight excluding hydrogens is 140 g/mol. The van der Waals surface area contributed by atoms with Gasteiger partial charge in [-0.15, -0.1) is 6.58 Å². The van der Waals surface area contributed by atoms with E-state index in [2.05, 4.69) is 11.7 Å². The lowest BCUT2D eigenvalue weighted by molar-refractivity contribution is 0.111. The monoisotopic (exact) mass is 150 g/mol. The second-order valence-corrected chi connectivity index (χ2v) is 2.30. The molecule has 3 heteroatoms. The van der Waals surface area contributed by atoms with Gasteiger partial charge in [0.1, 0.15) is 5.69 Å². The summed E-state index contributed by atoms with van der Waals surface area (Å²) < 4.78 is 1.62. The molecule has 58 valence electrons. The van der Waals surface area contributed by atoms with E-state index in [9.17, 15) is 4.79 Å². The Kier molecular flexibility index (Phi) is 2.21. The van der Waals surface area contributed by atoms with Crippen LogP contribution in [0, 0.1) is 6.92 Å². The predicted molar refractivity (Wildman–Crippen MR) is 42.5 cm³/mol. The lowest BCUT2D eigenvalue weighted by atomic mass is 10.3. The molecule has 0 spiro atoms. The van der Waals surface area contributed by atoms with Crippen molar-refractivity contribution in [2.75, 3.05) is 0 Å². The van der Waals surface area contributed by atoms with Gasteiger partial charge in [0.2, 0.25) is 0 Å². The molecule has 0 fully saturated rings. The number of aromatic nitrogens is 2. The average molecular weight is 150 g/mol. The fourth-order valence-corrected chi connectivity index (χ4v) is 0.910. The number of allylic oxidation sites excluding steroid dienone is 1. The summed E-state index contributed by atoms with van der Waals surface area (Å²) in [6.07, 6.45) is 4.19. The summed E-state index contributed by atoms with van der Waals surface area (Å²) in [4.78, 5) is 10.5. The maximum atomic E-state index is 10.5. The van der Waals surface area contributed by atoms with Crippen LogP contribution in [0.5, 0.6) is 0 Å². The van der Waals surface area contributed by atoms with Gasteiger partial charge in [0, 0.05) is 0 Å².